The molecule has 2 aromatic carbocycles. The molecule has 0 radical (unpaired) electrons. The fraction of sp³-hybridized carbons (Fsp3) is 0.238. The SMILES string of the molecule is CC(C)n1c(Sc2cccc(C#N)c2)c(Cc2ccccc2)n(C)c1=O. The summed E-state index contributed by atoms with van der Waals surface area (Å²) in [6, 6.07) is 19.9. The van der Waals surface area contributed by atoms with Crippen LogP contribution in [0.25, 0.3) is 0 Å². The van der Waals surface area contributed by atoms with Gasteiger partial charge in [0.1, 0.15) is 5.03 Å². The summed E-state index contributed by atoms with van der Waals surface area (Å²) < 4.78 is 3.57. The highest BCUT2D eigenvalue weighted by Gasteiger charge is 2.21. The summed E-state index contributed by atoms with van der Waals surface area (Å²) in [7, 11) is 1.83. The van der Waals surface area contributed by atoms with E-state index in [2.05, 4.69) is 18.2 Å². The van der Waals surface area contributed by atoms with Gasteiger partial charge in [0.05, 0.1) is 17.3 Å². The van der Waals surface area contributed by atoms with Gasteiger partial charge in [0.2, 0.25) is 0 Å². The molecule has 1 heterocycles. The quantitative estimate of drug-likeness (QED) is 0.676. The van der Waals surface area contributed by atoms with Crippen molar-refractivity contribution in [3.8, 4) is 6.07 Å². The summed E-state index contributed by atoms with van der Waals surface area (Å²) in [4.78, 5) is 13.8. The normalized spacial score (nSPS) is 10.9. The Bertz CT molecular complexity index is 1010. The second-order valence-corrected chi connectivity index (χ2v) is 7.52. The van der Waals surface area contributed by atoms with Crippen molar-refractivity contribution in [3.05, 3.63) is 81.9 Å². The van der Waals surface area contributed by atoms with Crippen LogP contribution in [0.15, 0.2) is 69.3 Å². The molecule has 132 valence electrons. The summed E-state index contributed by atoms with van der Waals surface area (Å²) in [6.07, 6.45) is 0.687. The van der Waals surface area contributed by atoms with Crippen molar-refractivity contribution in [2.45, 2.75) is 36.2 Å². The van der Waals surface area contributed by atoms with Crippen molar-refractivity contribution in [2.75, 3.05) is 0 Å². The topological polar surface area (TPSA) is 50.7 Å². The minimum absolute atomic E-state index is 0.00938. The minimum Gasteiger partial charge on any atom is -0.298 e. The van der Waals surface area contributed by atoms with Crippen LogP contribution < -0.4 is 5.69 Å². The van der Waals surface area contributed by atoms with E-state index in [-0.39, 0.29) is 11.7 Å². The molecular weight excluding hydrogens is 342 g/mol. The predicted molar refractivity (Wildman–Crippen MR) is 105 cm³/mol. The number of rotatable bonds is 5. The van der Waals surface area contributed by atoms with Gasteiger partial charge in [-0.2, -0.15) is 5.26 Å². The number of imidazole rings is 1. The zero-order chi connectivity index (χ0) is 18.7. The van der Waals surface area contributed by atoms with E-state index in [1.165, 1.54) is 0 Å². The van der Waals surface area contributed by atoms with Crippen molar-refractivity contribution < 1.29 is 0 Å². The highest BCUT2D eigenvalue weighted by atomic mass is 32.2. The highest BCUT2D eigenvalue weighted by molar-refractivity contribution is 7.99. The first-order chi connectivity index (χ1) is 12.5. The average molecular weight is 363 g/mol. The van der Waals surface area contributed by atoms with Crippen molar-refractivity contribution in [1.29, 1.82) is 5.26 Å². The average Bonchev–Trinajstić information content (AvgIpc) is 2.87. The lowest BCUT2D eigenvalue weighted by Gasteiger charge is -2.12. The van der Waals surface area contributed by atoms with Gasteiger partial charge in [0.15, 0.2) is 0 Å². The molecule has 4 nitrogen and oxygen atoms in total. The minimum atomic E-state index is -0.00938. The lowest BCUT2D eigenvalue weighted by Crippen LogP contribution is -2.24. The fourth-order valence-electron chi connectivity index (χ4n) is 2.93. The summed E-state index contributed by atoms with van der Waals surface area (Å²) in [6.45, 7) is 4.03. The second-order valence-electron chi connectivity index (χ2n) is 6.46. The number of hydrogen-bond acceptors (Lipinski definition) is 3. The molecule has 0 aliphatic rings. The first-order valence-corrected chi connectivity index (χ1v) is 9.35. The van der Waals surface area contributed by atoms with Crippen LogP contribution >= 0.6 is 11.8 Å². The van der Waals surface area contributed by atoms with Gasteiger partial charge >= 0.3 is 5.69 Å². The highest BCUT2D eigenvalue weighted by Crippen LogP contribution is 2.33. The molecule has 0 bridgehead atoms. The van der Waals surface area contributed by atoms with Crippen molar-refractivity contribution >= 4 is 11.8 Å². The van der Waals surface area contributed by atoms with Gasteiger partial charge in [-0.25, -0.2) is 4.79 Å². The molecule has 0 unspecified atom stereocenters. The van der Waals surface area contributed by atoms with Crippen molar-refractivity contribution in [3.63, 3.8) is 0 Å². The molecule has 0 amide bonds. The molecule has 3 aromatic rings. The maximum absolute atomic E-state index is 12.8. The van der Waals surface area contributed by atoms with E-state index >= 15 is 0 Å². The molecule has 26 heavy (non-hydrogen) atoms. The van der Waals surface area contributed by atoms with Gasteiger partial charge in [-0.15, -0.1) is 0 Å². The number of nitriles is 1. The summed E-state index contributed by atoms with van der Waals surface area (Å²) in [5.74, 6) is 0. The second kappa shape index (κ2) is 7.67. The maximum Gasteiger partial charge on any atom is 0.329 e. The van der Waals surface area contributed by atoms with Gasteiger partial charge in [-0.05, 0) is 37.6 Å². The van der Waals surface area contributed by atoms with E-state index in [9.17, 15) is 4.79 Å². The van der Waals surface area contributed by atoms with E-state index in [0.29, 0.717) is 12.0 Å². The summed E-state index contributed by atoms with van der Waals surface area (Å²) >= 11 is 1.54. The van der Waals surface area contributed by atoms with Crippen LogP contribution in [0.3, 0.4) is 0 Å². The summed E-state index contributed by atoms with van der Waals surface area (Å²) in [5.41, 5.74) is 2.76. The third-order valence-corrected chi connectivity index (χ3v) is 5.39. The van der Waals surface area contributed by atoms with E-state index in [4.69, 9.17) is 5.26 Å². The predicted octanol–water partition coefficient (Wildman–Crippen LogP) is 4.38. The molecule has 0 aliphatic heterocycles. The molecule has 0 N–H and O–H groups in total. The van der Waals surface area contributed by atoms with Crippen LogP contribution in [0.5, 0.6) is 0 Å². The molecular formula is C21H21N3OS. The molecule has 0 saturated carbocycles. The standard InChI is InChI=1S/C21H21N3OS/c1-15(2)24-20(26-18-11-7-10-17(12-18)14-22)19(23(3)21(24)25)13-16-8-5-4-6-9-16/h4-12,15H,13H2,1-3H3. The Morgan fingerprint density at radius 1 is 1.12 bits per heavy atom. The smallest absolute Gasteiger partial charge is 0.298 e. The van der Waals surface area contributed by atoms with Crippen LogP contribution in [-0.2, 0) is 13.5 Å². The summed E-state index contributed by atoms with van der Waals surface area (Å²) in [5, 5.41) is 10.1. The first kappa shape index (κ1) is 18.1. The Hall–Kier alpha value is -2.71. The zero-order valence-corrected chi connectivity index (χ0v) is 16.0. The Kier molecular flexibility index (Phi) is 5.34. The van der Waals surface area contributed by atoms with Gasteiger partial charge in [0, 0.05) is 24.4 Å². The van der Waals surface area contributed by atoms with Crippen LogP contribution in [0, 0.1) is 11.3 Å². The Labute approximate surface area is 157 Å². The van der Waals surface area contributed by atoms with Crippen LogP contribution in [0.4, 0.5) is 0 Å². The Morgan fingerprint density at radius 3 is 2.50 bits per heavy atom. The number of hydrogen-bond donors (Lipinski definition) is 0. The van der Waals surface area contributed by atoms with E-state index in [0.717, 1.165) is 21.2 Å². The lowest BCUT2D eigenvalue weighted by molar-refractivity contribution is 0.533. The number of aromatic nitrogens is 2. The molecule has 5 heteroatoms. The number of nitrogens with zero attached hydrogens (tertiary/aromatic N) is 3. The molecule has 0 fully saturated rings. The monoisotopic (exact) mass is 363 g/mol. The largest absolute Gasteiger partial charge is 0.329 e. The molecule has 0 saturated heterocycles. The molecule has 0 aliphatic carbocycles. The fourth-order valence-corrected chi connectivity index (χ4v) is 4.20. The zero-order valence-electron chi connectivity index (χ0n) is 15.1. The molecule has 0 spiro atoms. The maximum atomic E-state index is 12.8. The van der Waals surface area contributed by atoms with E-state index in [1.54, 1.807) is 22.4 Å². The lowest BCUT2D eigenvalue weighted by atomic mass is 10.1. The molecule has 0 atom stereocenters. The van der Waals surface area contributed by atoms with Crippen molar-refractivity contribution in [1.82, 2.24) is 9.13 Å². The first-order valence-electron chi connectivity index (χ1n) is 8.53. The van der Waals surface area contributed by atoms with Gasteiger partial charge in [-0.1, -0.05) is 48.2 Å². The third-order valence-electron chi connectivity index (χ3n) is 4.27. The molecule has 1 aromatic heterocycles. The van der Waals surface area contributed by atoms with Gasteiger partial charge in [0.25, 0.3) is 0 Å². The Balaban J connectivity index is 2.10. The van der Waals surface area contributed by atoms with Crippen LogP contribution in [0.1, 0.15) is 36.7 Å². The van der Waals surface area contributed by atoms with E-state index in [1.807, 2.05) is 61.9 Å². The van der Waals surface area contributed by atoms with Crippen LogP contribution in [-0.4, -0.2) is 9.13 Å². The number of benzene rings is 2. The van der Waals surface area contributed by atoms with Crippen molar-refractivity contribution in [2.24, 2.45) is 7.05 Å². The van der Waals surface area contributed by atoms with E-state index < -0.39 is 0 Å². The third kappa shape index (κ3) is 3.61. The van der Waals surface area contributed by atoms with Gasteiger partial charge < -0.3 is 0 Å². The molecule has 3 rings (SSSR count). The van der Waals surface area contributed by atoms with Gasteiger partial charge in [-0.3, -0.25) is 9.13 Å². The van der Waals surface area contributed by atoms with Crippen LogP contribution in [0.2, 0.25) is 0 Å². The Morgan fingerprint density at radius 2 is 1.85 bits per heavy atom.